The SMILES string of the molecule is C=CC(=O)NC(C)N1CCCC1=O. The van der Waals surface area contributed by atoms with Crippen LogP contribution in [-0.2, 0) is 9.59 Å². The monoisotopic (exact) mass is 182 g/mol. The maximum atomic E-state index is 11.2. The molecule has 1 N–H and O–H groups in total. The van der Waals surface area contributed by atoms with Crippen molar-refractivity contribution in [3.05, 3.63) is 12.7 Å². The van der Waals surface area contributed by atoms with Crippen LogP contribution in [0.15, 0.2) is 12.7 Å². The lowest BCUT2D eigenvalue weighted by atomic mass is 10.4. The number of amides is 2. The Balaban J connectivity index is 2.47. The van der Waals surface area contributed by atoms with Crippen molar-refractivity contribution >= 4 is 11.8 Å². The molecular weight excluding hydrogens is 168 g/mol. The normalized spacial score (nSPS) is 18.5. The van der Waals surface area contributed by atoms with Gasteiger partial charge >= 0.3 is 0 Å². The molecule has 0 aromatic heterocycles. The number of rotatable bonds is 3. The third-order valence-electron chi connectivity index (χ3n) is 2.11. The quantitative estimate of drug-likeness (QED) is 0.636. The van der Waals surface area contributed by atoms with E-state index in [9.17, 15) is 9.59 Å². The Morgan fingerprint density at radius 3 is 2.92 bits per heavy atom. The highest BCUT2D eigenvalue weighted by Gasteiger charge is 2.25. The summed E-state index contributed by atoms with van der Waals surface area (Å²) in [6.45, 7) is 5.87. The van der Waals surface area contributed by atoms with Gasteiger partial charge in [-0.3, -0.25) is 9.59 Å². The van der Waals surface area contributed by atoms with Gasteiger partial charge in [-0.1, -0.05) is 6.58 Å². The molecular formula is C9H14N2O2. The van der Waals surface area contributed by atoms with Crippen LogP contribution in [0.2, 0.25) is 0 Å². The van der Waals surface area contributed by atoms with Crippen LogP contribution >= 0.6 is 0 Å². The third kappa shape index (κ3) is 2.31. The summed E-state index contributed by atoms with van der Waals surface area (Å²) in [6, 6.07) is 0. The van der Waals surface area contributed by atoms with Crippen molar-refractivity contribution in [1.29, 1.82) is 0 Å². The average molecular weight is 182 g/mol. The minimum atomic E-state index is -0.243. The molecule has 13 heavy (non-hydrogen) atoms. The van der Waals surface area contributed by atoms with Gasteiger partial charge in [0.15, 0.2) is 0 Å². The average Bonchev–Trinajstić information content (AvgIpc) is 2.51. The summed E-state index contributed by atoms with van der Waals surface area (Å²) in [5.41, 5.74) is 0. The highest BCUT2D eigenvalue weighted by Crippen LogP contribution is 2.11. The molecule has 72 valence electrons. The van der Waals surface area contributed by atoms with Gasteiger partial charge in [0.25, 0.3) is 0 Å². The van der Waals surface area contributed by atoms with Crippen molar-refractivity contribution < 1.29 is 9.59 Å². The molecule has 1 heterocycles. The predicted molar refractivity (Wildman–Crippen MR) is 48.7 cm³/mol. The van der Waals surface area contributed by atoms with E-state index in [-0.39, 0.29) is 18.0 Å². The lowest BCUT2D eigenvalue weighted by Gasteiger charge is -2.24. The highest BCUT2D eigenvalue weighted by atomic mass is 16.2. The number of nitrogens with one attached hydrogen (secondary N) is 1. The molecule has 0 aromatic rings. The van der Waals surface area contributed by atoms with E-state index in [1.54, 1.807) is 11.8 Å². The zero-order chi connectivity index (χ0) is 9.84. The van der Waals surface area contributed by atoms with Crippen LogP contribution in [0, 0.1) is 0 Å². The van der Waals surface area contributed by atoms with Crippen molar-refractivity contribution in [2.45, 2.75) is 25.9 Å². The van der Waals surface area contributed by atoms with Gasteiger partial charge in [-0.2, -0.15) is 0 Å². The molecule has 1 saturated heterocycles. The number of carbonyl (C=O) groups is 2. The Bertz CT molecular complexity index is 238. The molecule has 4 nitrogen and oxygen atoms in total. The highest BCUT2D eigenvalue weighted by molar-refractivity contribution is 5.87. The molecule has 2 amide bonds. The number of hydrogen-bond acceptors (Lipinski definition) is 2. The molecule has 0 spiro atoms. The van der Waals surface area contributed by atoms with E-state index in [2.05, 4.69) is 11.9 Å². The molecule has 1 aliphatic heterocycles. The standard InChI is InChI=1S/C9H14N2O2/c1-3-8(12)10-7(2)11-6-4-5-9(11)13/h3,7H,1,4-6H2,2H3,(H,10,12). The predicted octanol–water partition coefficient (Wildman–Crippen LogP) is 0.257. The number of hydrogen-bond donors (Lipinski definition) is 1. The zero-order valence-electron chi connectivity index (χ0n) is 7.75. The molecule has 1 atom stereocenters. The van der Waals surface area contributed by atoms with E-state index in [4.69, 9.17) is 0 Å². The van der Waals surface area contributed by atoms with Gasteiger partial charge in [0.1, 0.15) is 6.17 Å². The van der Waals surface area contributed by atoms with Crippen molar-refractivity contribution in [1.82, 2.24) is 10.2 Å². The second-order valence-corrected chi connectivity index (χ2v) is 3.08. The molecule has 4 heteroatoms. The Kier molecular flexibility index (Phi) is 3.06. The Hall–Kier alpha value is -1.32. The fourth-order valence-electron chi connectivity index (χ4n) is 1.42. The van der Waals surface area contributed by atoms with E-state index in [0.717, 1.165) is 13.0 Å². The number of nitrogens with zero attached hydrogens (tertiary/aromatic N) is 1. The molecule has 0 aromatic carbocycles. The summed E-state index contributed by atoms with van der Waals surface area (Å²) in [5, 5.41) is 2.65. The van der Waals surface area contributed by atoms with Crippen LogP contribution in [0.1, 0.15) is 19.8 Å². The molecule has 1 unspecified atom stereocenters. The Morgan fingerprint density at radius 1 is 1.77 bits per heavy atom. The van der Waals surface area contributed by atoms with Crippen LogP contribution in [0.3, 0.4) is 0 Å². The van der Waals surface area contributed by atoms with Crippen molar-refractivity contribution in [3.63, 3.8) is 0 Å². The number of carbonyl (C=O) groups excluding carboxylic acids is 2. The third-order valence-corrected chi connectivity index (χ3v) is 2.11. The smallest absolute Gasteiger partial charge is 0.244 e. The fourth-order valence-corrected chi connectivity index (χ4v) is 1.42. The first-order valence-corrected chi connectivity index (χ1v) is 4.37. The summed E-state index contributed by atoms with van der Waals surface area (Å²) in [4.78, 5) is 23.8. The minimum Gasteiger partial charge on any atom is -0.333 e. The maximum absolute atomic E-state index is 11.2. The Labute approximate surface area is 77.6 Å². The van der Waals surface area contributed by atoms with E-state index in [1.165, 1.54) is 6.08 Å². The molecule has 0 saturated carbocycles. The van der Waals surface area contributed by atoms with E-state index >= 15 is 0 Å². The largest absolute Gasteiger partial charge is 0.333 e. The molecule has 0 aliphatic carbocycles. The first-order chi connectivity index (χ1) is 6.15. The minimum absolute atomic E-state index is 0.108. The molecule has 1 aliphatic rings. The molecule has 1 rings (SSSR count). The lowest BCUT2D eigenvalue weighted by molar-refractivity contribution is -0.131. The fraction of sp³-hybridized carbons (Fsp3) is 0.556. The summed E-state index contributed by atoms with van der Waals surface area (Å²) >= 11 is 0. The van der Waals surface area contributed by atoms with Crippen LogP contribution < -0.4 is 5.32 Å². The summed E-state index contributed by atoms with van der Waals surface area (Å²) in [6.07, 6.45) is 2.46. The van der Waals surface area contributed by atoms with Crippen LogP contribution in [0.25, 0.3) is 0 Å². The van der Waals surface area contributed by atoms with E-state index in [1.807, 2.05) is 0 Å². The van der Waals surface area contributed by atoms with Crippen molar-refractivity contribution in [2.75, 3.05) is 6.54 Å². The van der Waals surface area contributed by atoms with Gasteiger partial charge < -0.3 is 10.2 Å². The molecule has 0 bridgehead atoms. The van der Waals surface area contributed by atoms with E-state index in [0.29, 0.717) is 6.42 Å². The maximum Gasteiger partial charge on any atom is 0.244 e. The zero-order valence-corrected chi connectivity index (χ0v) is 7.75. The summed E-state index contributed by atoms with van der Waals surface area (Å²) in [5.74, 6) is -0.135. The first kappa shape index (κ1) is 9.77. The van der Waals surface area contributed by atoms with Crippen molar-refractivity contribution in [2.24, 2.45) is 0 Å². The molecule has 1 fully saturated rings. The van der Waals surface area contributed by atoms with Crippen LogP contribution in [0.5, 0.6) is 0 Å². The van der Waals surface area contributed by atoms with Gasteiger partial charge in [-0.05, 0) is 19.4 Å². The first-order valence-electron chi connectivity index (χ1n) is 4.37. The summed E-state index contributed by atoms with van der Waals surface area (Å²) in [7, 11) is 0. The Morgan fingerprint density at radius 2 is 2.46 bits per heavy atom. The van der Waals surface area contributed by atoms with Gasteiger partial charge in [-0.25, -0.2) is 0 Å². The second-order valence-electron chi connectivity index (χ2n) is 3.08. The van der Waals surface area contributed by atoms with Gasteiger partial charge in [-0.15, -0.1) is 0 Å². The topological polar surface area (TPSA) is 49.4 Å². The van der Waals surface area contributed by atoms with Gasteiger partial charge in [0.2, 0.25) is 11.8 Å². The van der Waals surface area contributed by atoms with E-state index < -0.39 is 0 Å². The van der Waals surface area contributed by atoms with Gasteiger partial charge in [0, 0.05) is 13.0 Å². The second kappa shape index (κ2) is 4.07. The van der Waals surface area contributed by atoms with Crippen LogP contribution in [-0.4, -0.2) is 29.4 Å². The number of likely N-dealkylation sites (tertiary alicyclic amines) is 1. The van der Waals surface area contributed by atoms with Crippen molar-refractivity contribution in [3.8, 4) is 0 Å². The van der Waals surface area contributed by atoms with Gasteiger partial charge in [0.05, 0.1) is 0 Å². The lowest BCUT2D eigenvalue weighted by Crippen LogP contribution is -2.46. The molecule has 0 radical (unpaired) electrons. The summed E-state index contributed by atoms with van der Waals surface area (Å²) < 4.78 is 0. The van der Waals surface area contributed by atoms with Crippen LogP contribution in [0.4, 0.5) is 0 Å².